The SMILES string of the molecule is CC(CCCCCCCCCCCCOCC(O)CO)CCC(C)CCCCCCCCCCCC(=O)O. The molecule has 3 atom stereocenters. The Bertz CT molecular complexity index is 484. The van der Waals surface area contributed by atoms with E-state index in [4.69, 9.17) is 14.9 Å². The van der Waals surface area contributed by atoms with Gasteiger partial charge in [-0.3, -0.25) is 4.79 Å². The van der Waals surface area contributed by atoms with Gasteiger partial charge in [-0.05, 0) is 24.7 Å². The summed E-state index contributed by atoms with van der Waals surface area (Å²) in [5, 5.41) is 26.6. The van der Waals surface area contributed by atoms with Crippen molar-refractivity contribution < 1.29 is 24.9 Å². The van der Waals surface area contributed by atoms with Gasteiger partial charge in [0.1, 0.15) is 6.10 Å². The fraction of sp³-hybridized carbons (Fsp3) is 0.970. The summed E-state index contributed by atoms with van der Waals surface area (Å²) in [6.07, 6.45) is 29.6. The number of carboxylic acid groups (broad SMARTS) is 1. The van der Waals surface area contributed by atoms with Crippen LogP contribution in [0.5, 0.6) is 0 Å². The molecule has 0 aromatic carbocycles. The summed E-state index contributed by atoms with van der Waals surface area (Å²) >= 11 is 0. The van der Waals surface area contributed by atoms with Crippen molar-refractivity contribution in [3.8, 4) is 0 Å². The molecule has 0 saturated carbocycles. The molecule has 0 aliphatic rings. The number of rotatable bonds is 31. The van der Waals surface area contributed by atoms with Gasteiger partial charge in [0.25, 0.3) is 0 Å². The summed E-state index contributed by atoms with van der Waals surface area (Å²) < 4.78 is 5.34. The van der Waals surface area contributed by atoms with E-state index in [1.807, 2.05) is 0 Å². The van der Waals surface area contributed by atoms with Crippen LogP contribution in [-0.4, -0.2) is 47.2 Å². The number of aliphatic carboxylic acids is 1. The molecule has 0 rings (SSSR count). The standard InChI is InChI=1S/C33H66O5/c1-30(22-18-14-10-6-3-4-9-13-17-21-27-38-29-32(35)28-34)25-26-31(2)23-19-15-11-7-5-8-12-16-20-24-33(36)37/h30-32,34-35H,3-29H2,1-2H3,(H,36,37). The summed E-state index contributed by atoms with van der Waals surface area (Å²) in [7, 11) is 0. The van der Waals surface area contributed by atoms with Crippen LogP contribution in [0.4, 0.5) is 0 Å². The van der Waals surface area contributed by atoms with E-state index < -0.39 is 12.1 Å². The molecule has 0 aliphatic carbocycles. The van der Waals surface area contributed by atoms with Crippen molar-refractivity contribution in [2.24, 2.45) is 11.8 Å². The molecule has 0 bridgehead atoms. The Hall–Kier alpha value is -0.650. The van der Waals surface area contributed by atoms with Crippen molar-refractivity contribution >= 4 is 5.97 Å². The molecule has 0 aliphatic heterocycles. The summed E-state index contributed by atoms with van der Waals surface area (Å²) in [6, 6.07) is 0. The van der Waals surface area contributed by atoms with Crippen molar-refractivity contribution in [3.63, 3.8) is 0 Å². The lowest BCUT2D eigenvalue weighted by molar-refractivity contribution is -0.137. The Morgan fingerprint density at radius 3 is 1.34 bits per heavy atom. The zero-order valence-electron chi connectivity index (χ0n) is 25.5. The number of hydrogen-bond acceptors (Lipinski definition) is 4. The van der Waals surface area contributed by atoms with Gasteiger partial charge in [-0.1, -0.05) is 149 Å². The highest BCUT2D eigenvalue weighted by atomic mass is 16.5. The normalized spacial score (nSPS) is 14.0. The fourth-order valence-electron chi connectivity index (χ4n) is 5.25. The van der Waals surface area contributed by atoms with E-state index in [1.165, 1.54) is 128 Å². The predicted octanol–water partition coefficient (Wildman–Crippen LogP) is 9.08. The first kappa shape index (κ1) is 37.4. The minimum atomic E-state index is -0.731. The molecule has 228 valence electrons. The second-order valence-electron chi connectivity index (χ2n) is 12.1. The number of aliphatic hydroxyl groups is 2. The summed E-state index contributed by atoms with van der Waals surface area (Å²) in [6.45, 7) is 5.62. The van der Waals surface area contributed by atoms with Crippen LogP contribution in [-0.2, 0) is 9.53 Å². The van der Waals surface area contributed by atoms with E-state index in [0.717, 1.165) is 31.1 Å². The summed E-state index contributed by atoms with van der Waals surface area (Å²) in [4.78, 5) is 10.5. The Balaban J connectivity index is 3.29. The number of unbranched alkanes of at least 4 members (excludes halogenated alkanes) is 17. The average molecular weight is 543 g/mol. The molecule has 0 spiro atoms. The monoisotopic (exact) mass is 542 g/mol. The Morgan fingerprint density at radius 1 is 0.579 bits per heavy atom. The summed E-state index contributed by atoms with van der Waals surface area (Å²) in [5.41, 5.74) is 0. The molecule has 38 heavy (non-hydrogen) atoms. The van der Waals surface area contributed by atoms with Gasteiger partial charge >= 0.3 is 5.97 Å². The maximum Gasteiger partial charge on any atom is 0.303 e. The second-order valence-corrected chi connectivity index (χ2v) is 12.1. The Kier molecular flexibility index (Phi) is 28.8. The van der Waals surface area contributed by atoms with E-state index in [1.54, 1.807) is 0 Å². The third-order valence-electron chi connectivity index (χ3n) is 8.00. The van der Waals surface area contributed by atoms with Gasteiger partial charge in [-0.2, -0.15) is 0 Å². The maximum absolute atomic E-state index is 10.5. The van der Waals surface area contributed by atoms with Crippen LogP contribution in [0.15, 0.2) is 0 Å². The van der Waals surface area contributed by atoms with Crippen LogP contribution < -0.4 is 0 Å². The molecule has 5 heteroatoms. The van der Waals surface area contributed by atoms with Crippen LogP contribution in [0.25, 0.3) is 0 Å². The molecule has 0 amide bonds. The van der Waals surface area contributed by atoms with Crippen molar-refractivity contribution in [1.82, 2.24) is 0 Å². The molecule has 5 nitrogen and oxygen atoms in total. The Labute approximate surface area is 236 Å². The number of aliphatic hydroxyl groups excluding tert-OH is 2. The molecule has 0 heterocycles. The van der Waals surface area contributed by atoms with E-state index in [-0.39, 0.29) is 13.2 Å². The third kappa shape index (κ3) is 29.9. The van der Waals surface area contributed by atoms with Gasteiger partial charge < -0.3 is 20.1 Å². The van der Waals surface area contributed by atoms with E-state index in [2.05, 4.69) is 13.8 Å². The molecule has 0 aromatic rings. The lowest BCUT2D eigenvalue weighted by Gasteiger charge is -2.15. The smallest absolute Gasteiger partial charge is 0.303 e. The van der Waals surface area contributed by atoms with Gasteiger partial charge in [0.2, 0.25) is 0 Å². The molecule has 0 radical (unpaired) electrons. The third-order valence-corrected chi connectivity index (χ3v) is 8.00. The first-order chi connectivity index (χ1) is 18.5. The fourth-order valence-corrected chi connectivity index (χ4v) is 5.25. The lowest BCUT2D eigenvalue weighted by atomic mass is 9.91. The average Bonchev–Trinajstić information content (AvgIpc) is 2.90. The van der Waals surface area contributed by atoms with Gasteiger partial charge in [0.15, 0.2) is 0 Å². The molecule has 3 N–H and O–H groups in total. The van der Waals surface area contributed by atoms with Crippen molar-refractivity contribution in [1.29, 1.82) is 0 Å². The van der Waals surface area contributed by atoms with Crippen LogP contribution in [0.2, 0.25) is 0 Å². The Morgan fingerprint density at radius 2 is 0.947 bits per heavy atom. The molecular formula is C33H66O5. The number of ether oxygens (including phenoxy) is 1. The first-order valence-corrected chi connectivity index (χ1v) is 16.5. The number of hydrogen-bond donors (Lipinski definition) is 3. The quantitative estimate of drug-likeness (QED) is 0.0760. The van der Waals surface area contributed by atoms with Crippen LogP contribution in [0.1, 0.15) is 168 Å². The van der Waals surface area contributed by atoms with Gasteiger partial charge in [-0.15, -0.1) is 0 Å². The highest BCUT2D eigenvalue weighted by Gasteiger charge is 2.07. The number of carboxylic acids is 1. The predicted molar refractivity (Wildman–Crippen MR) is 161 cm³/mol. The second kappa shape index (κ2) is 29.3. The maximum atomic E-state index is 10.5. The van der Waals surface area contributed by atoms with E-state index in [9.17, 15) is 9.90 Å². The van der Waals surface area contributed by atoms with E-state index >= 15 is 0 Å². The molecule has 0 fully saturated rings. The lowest BCUT2D eigenvalue weighted by Crippen LogP contribution is -2.19. The topological polar surface area (TPSA) is 87.0 Å². The zero-order chi connectivity index (χ0) is 28.1. The number of carbonyl (C=O) groups is 1. The molecule has 3 unspecified atom stereocenters. The van der Waals surface area contributed by atoms with Crippen LogP contribution >= 0.6 is 0 Å². The van der Waals surface area contributed by atoms with Gasteiger partial charge in [-0.25, -0.2) is 0 Å². The molecule has 0 saturated heterocycles. The molecular weight excluding hydrogens is 476 g/mol. The van der Waals surface area contributed by atoms with Crippen LogP contribution in [0.3, 0.4) is 0 Å². The van der Waals surface area contributed by atoms with Gasteiger partial charge in [0, 0.05) is 13.0 Å². The highest BCUT2D eigenvalue weighted by Crippen LogP contribution is 2.22. The summed E-state index contributed by atoms with van der Waals surface area (Å²) in [5.74, 6) is 1.09. The minimum Gasteiger partial charge on any atom is -0.481 e. The first-order valence-electron chi connectivity index (χ1n) is 16.5. The van der Waals surface area contributed by atoms with E-state index in [0.29, 0.717) is 13.0 Å². The van der Waals surface area contributed by atoms with Crippen molar-refractivity contribution in [2.45, 2.75) is 174 Å². The minimum absolute atomic E-state index is 0.219. The van der Waals surface area contributed by atoms with Crippen LogP contribution in [0, 0.1) is 11.8 Å². The van der Waals surface area contributed by atoms with Gasteiger partial charge in [0.05, 0.1) is 13.2 Å². The molecule has 0 aromatic heterocycles. The van der Waals surface area contributed by atoms with Crippen molar-refractivity contribution in [2.75, 3.05) is 19.8 Å². The largest absolute Gasteiger partial charge is 0.481 e. The van der Waals surface area contributed by atoms with Crippen molar-refractivity contribution in [3.05, 3.63) is 0 Å². The highest BCUT2D eigenvalue weighted by molar-refractivity contribution is 5.66. The zero-order valence-corrected chi connectivity index (χ0v) is 25.5.